The summed E-state index contributed by atoms with van der Waals surface area (Å²) in [6.07, 6.45) is 2.03. The van der Waals surface area contributed by atoms with Crippen LogP contribution in [0.25, 0.3) is 0 Å². The third-order valence-corrected chi connectivity index (χ3v) is 4.49. The predicted molar refractivity (Wildman–Crippen MR) is 88.8 cm³/mol. The van der Waals surface area contributed by atoms with Crippen LogP contribution in [-0.4, -0.2) is 20.5 Å². The molecule has 0 heterocycles. The molecule has 21 heavy (non-hydrogen) atoms. The molecule has 2 aromatic rings. The van der Waals surface area contributed by atoms with E-state index < -0.39 is 0 Å². The standard InChI is InChI=1S/C16H18ClNO2S/c1-19-12-9-8-11(16(20-2)14(12)17)15(18)10-6-4-5-7-13(10)21-3/h4-9,15H,18H2,1-3H3. The first-order chi connectivity index (χ1) is 10.1. The fraction of sp³-hybridized carbons (Fsp3) is 0.250. The van der Waals surface area contributed by atoms with E-state index in [1.807, 2.05) is 36.6 Å². The zero-order valence-electron chi connectivity index (χ0n) is 12.2. The first kappa shape index (κ1) is 16.0. The van der Waals surface area contributed by atoms with E-state index in [9.17, 15) is 0 Å². The van der Waals surface area contributed by atoms with Gasteiger partial charge in [0.05, 0.1) is 20.3 Å². The highest BCUT2D eigenvalue weighted by atomic mass is 35.5. The molecule has 2 N–H and O–H groups in total. The Balaban J connectivity index is 2.53. The van der Waals surface area contributed by atoms with Crippen molar-refractivity contribution in [1.29, 1.82) is 0 Å². The number of hydrogen-bond donors (Lipinski definition) is 1. The number of hydrogen-bond acceptors (Lipinski definition) is 4. The largest absolute Gasteiger partial charge is 0.495 e. The summed E-state index contributed by atoms with van der Waals surface area (Å²) >= 11 is 7.97. The highest BCUT2D eigenvalue weighted by molar-refractivity contribution is 7.98. The number of halogens is 1. The first-order valence-corrected chi connectivity index (χ1v) is 8.03. The van der Waals surface area contributed by atoms with Crippen LogP contribution in [0, 0.1) is 0 Å². The van der Waals surface area contributed by atoms with Crippen LogP contribution in [0.5, 0.6) is 11.5 Å². The van der Waals surface area contributed by atoms with Crippen LogP contribution < -0.4 is 15.2 Å². The molecular formula is C16H18ClNO2S. The molecule has 0 spiro atoms. The number of nitrogens with two attached hydrogens (primary N) is 1. The predicted octanol–water partition coefficient (Wildman–Crippen LogP) is 4.13. The maximum Gasteiger partial charge on any atom is 0.146 e. The van der Waals surface area contributed by atoms with Gasteiger partial charge in [-0.1, -0.05) is 29.8 Å². The van der Waals surface area contributed by atoms with Gasteiger partial charge in [0, 0.05) is 10.5 Å². The molecule has 2 aromatic carbocycles. The lowest BCUT2D eigenvalue weighted by atomic mass is 9.98. The van der Waals surface area contributed by atoms with E-state index in [0.29, 0.717) is 16.5 Å². The van der Waals surface area contributed by atoms with Crippen LogP contribution in [0.1, 0.15) is 17.2 Å². The van der Waals surface area contributed by atoms with Gasteiger partial charge in [-0.25, -0.2) is 0 Å². The first-order valence-electron chi connectivity index (χ1n) is 6.42. The summed E-state index contributed by atoms with van der Waals surface area (Å²) in [7, 11) is 3.15. The molecule has 2 rings (SSSR count). The minimum absolute atomic E-state index is 0.313. The van der Waals surface area contributed by atoms with Crippen molar-refractivity contribution in [2.45, 2.75) is 10.9 Å². The quantitative estimate of drug-likeness (QED) is 0.840. The molecule has 1 unspecified atom stereocenters. The third kappa shape index (κ3) is 3.12. The zero-order valence-corrected chi connectivity index (χ0v) is 13.8. The molecule has 5 heteroatoms. The second kappa shape index (κ2) is 7.07. The lowest BCUT2D eigenvalue weighted by Gasteiger charge is -2.20. The molecule has 112 valence electrons. The second-order valence-corrected chi connectivity index (χ2v) is 5.65. The van der Waals surface area contributed by atoms with Crippen molar-refractivity contribution in [2.75, 3.05) is 20.5 Å². The normalized spacial score (nSPS) is 12.0. The lowest BCUT2D eigenvalue weighted by molar-refractivity contribution is 0.390. The number of rotatable bonds is 5. The number of methoxy groups -OCH3 is 2. The molecule has 1 atom stereocenters. The van der Waals surface area contributed by atoms with E-state index >= 15 is 0 Å². The Morgan fingerprint density at radius 3 is 2.38 bits per heavy atom. The van der Waals surface area contributed by atoms with Crippen molar-refractivity contribution in [3.63, 3.8) is 0 Å². The molecule has 0 aromatic heterocycles. The SMILES string of the molecule is COc1ccc(C(N)c2ccccc2SC)c(OC)c1Cl. The molecule has 0 saturated heterocycles. The van der Waals surface area contributed by atoms with Gasteiger partial charge < -0.3 is 15.2 Å². The van der Waals surface area contributed by atoms with Crippen LogP contribution in [0.4, 0.5) is 0 Å². The maximum atomic E-state index is 6.44. The monoisotopic (exact) mass is 323 g/mol. The number of thioether (sulfide) groups is 1. The summed E-state index contributed by atoms with van der Waals surface area (Å²) in [4.78, 5) is 1.14. The summed E-state index contributed by atoms with van der Waals surface area (Å²) < 4.78 is 10.7. The molecule has 0 aliphatic carbocycles. The second-order valence-electron chi connectivity index (χ2n) is 4.42. The van der Waals surface area contributed by atoms with Crippen LogP contribution in [0.15, 0.2) is 41.3 Å². The summed E-state index contributed by atoms with van der Waals surface area (Å²) in [6, 6.07) is 11.4. The zero-order chi connectivity index (χ0) is 15.4. The topological polar surface area (TPSA) is 44.5 Å². The van der Waals surface area contributed by atoms with Gasteiger partial charge in [-0.15, -0.1) is 11.8 Å². The molecule has 3 nitrogen and oxygen atoms in total. The molecule has 0 radical (unpaired) electrons. The van der Waals surface area contributed by atoms with Gasteiger partial charge in [0.25, 0.3) is 0 Å². The van der Waals surface area contributed by atoms with Crippen molar-refractivity contribution < 1.29 is 9.47 Å². The van der Waals surface area contributed by atoms with Crippen LogP contribution in [0.3, 0.4) is 0 Å². The number of ether oxygens (including phenoxy) is 2. The number of benzene rings is 2. The Morgan fingerprint density at radius 2 is 1.76 bits per heavy atom. The fourth-order valence-electron chi connectivity index (χ4n) is 2.25. The molecule has 0 bridgehead atoms. The third-order valence-electron chi connectivity index (χ3n) is 3.33. The van der Waals surface area contributed by atoms with Crippen molar-refractivity contribution in [3.8, 4) is 11.5 Å². The molecule has 0 saturated carbocycles. The van der Waals surface area contributed by atoms with Crippen molar-refractivity contribution in [3.05, 3.63) is 52.5 Å². The Morgan fingerprint density at radius 1 is 1.05 bits per heavy atom. The van der Waals surface area contributed by atoms with Gasteiger partial charge in [0.15, 0.2) is 0 Å². The van der Waals surface area contributed by atoms with Crippen molar-refractivity contribution in [1.82, 2.24) is 0 Å². The maximum absolute atomic E-state index is 6.44. The van der Waals surface area contributed by atoms with Gasteiger partial charge in [-0.2, -0.15) is 0 Å². The molecular weight excluding hydrogens is 306 g/mol. The van der Waals surface area contributed by atoms with Gasteiger partial charge >= 0.3 is 0 Å². The summed E-state index contributed by atoms with van der Waals surface area (Å²) in [5, 5.41) is 0.439. The molecule has 0 aliphatic heterocycles. The average molecular weight is 324 g/mol. The van der Waals surface area contributed by atoms with Crippen LogP contribution in [-0.2, 0) is 0 Å². The minimum atomic E-state index is -0.313. The van der Waals surface area contributed by atoms with Crippen molar-refractivity contribution >= 4 is 23.4 Å². The Hall–Kier alpha value is -1.36. The van der Waals surface area contributed by atoms with Gasteiger partial charge in [-0.3, -0.25) is 0 Å². The van der Waals surface area contributed by atoms with E-state index in [1.165, 1.54) is 0 Å². The fourth-order valence-corrected chi connectivity index (χ4v) is 3.23. The van der Waals surface area contributed by atoms with Crippen LogP contribution in [0.2, 0.25) is 5.02 Å². The lowest BCUT2D eigenvalue weighted by Crippen LogP contribution is -2.14. The van der Waals surface area contributed by atoms with Crippen molar-refractivity contribution in [2.24, 2.45) is 5.73 Å². The van der Waals surface area contributed by atoms with E-state index in [4.69, 9.17) is 26.8 Å². The summed E-state index contributed by atoms with van der Waals surface area (Å²) in [6.45, 7) is 0. The summed E-state index contributed by atoms with van der Waals surface area (Å²) in [5.41, 5.74) is 8.32. The van der Waals surface area contributed by atoms with Gasteiger partial charge in [-0.05, 0) is 30.0 Å². The minimum Gasteiger partial charge on any atom is -0.495 e. The van der Waals surface area contributed by atoms with E-state index in [1.54, 1.807) is 26.0 Å². The Bertz CT molecular complexity index is 634. The van der Waals surface area contributed by atoms with E-state index in [-0.39, 0.29) is 6.04 Å². The average Bonchev–Trinajstić information content (AvgIpc) is 2.53. The van der Waals surface area contributed by atoms with E-state index in [0.717, 1.165) is 16.0 Å². The molecule has 0 amide bonds. The Labute approximate surface area is 134 Å². The van der Waals surface area contributed by atoms with E-state index in [2.05, 4.69) is 6.07 Å². The summed E-state index contributed by atoms with van der Waals surface area (Å²) in [5.74, 6) is 1.13. The smallest absolute Gasteiger partial charge is 0.146 e. The molecule has 0 fully saturated rings. The van der Waals surface area contributed by atoms with Crippen LogP contribution >= 0.6 is 23.4 Å². The van der Waals surface area contributed by atoms with Gasteiger partial charge in [0.1, 0.15) is 16.5 Å². The highest BCUT2D eigenvalue weighted by Gasteiger charge is 2.20. The molecule has 0 aliphatic rings. The van der Waals surface area contributed by atoms with Gasteiger partial charge in [0.2, 0.25) is 0 Å². The Kier molecular flexibility index (Phi) is 5.39. The highest BCUT2D eigenvalue weighted by Crippen LogP contribution is 2.41.